The molecule has 0 aliphatic rings. The summed E-state index contributed by atoms with van der Waals surface area (Å²) in [4.78, 5) is 15.8. The third-order valence-electron chi connectivity index (χ3n) is 5.56. The van der Waals surface area contributed by atoms with Crippen LogP contribution in [0.3, 0.4) is 0 Å². The van der Waals surface area contributed by atoms with Crippen LogP contribution in [0, 0.1) is 0 Å². The van der Waals surface area contributed by atoms with E-state index in [4.69, 9.17) is 4.74 Å². The molecule has 5 heteroatoms. The number of aromatic nitrogens is 1. The highest BCUT2D eigenvalue weighted by molar-refractivity contribution is 5.85. The van der Waals surface area contributed by atoms with E-state index in [1.165, 1.54) is 0 Å². The number of para-hydroxylation sites is 2. The van der Waals surface area contributed by atoms with Crippen molar-refractivity contribution < 1.29 is 14.6 Å². The Morgan fingerprint density at radius 3 is 2.36 bits per heavy atom. The fraction of sp³-hybridized carbons (Fsp3) is 0.250. The molecule has 1 aromatic heterocycles. The third kappa shape index (κ3) is 5.20. The van der Waals surface area contributed by atoms with E-state index >= 15 is 0 Å². The fourth-order valence-corrected chi connectivity index (χ4v) is 4.22. The Morgan fingerprint density at radius 2 is 1.64 bits per heavy atom. The molecule has 1 amide bonds. The predicted molar refractivity (Wildman–Crippen MR) is 132 cm³/mol. The van der Waals surface area contributed by atoms with E-state index in [0.717, 1.165) is 33.3 Å². The van der Waals surface area contributed by atoms with Crippen molar-refractivity contribution in [2.75, 3.05) is 6.54 Å². The Morgan fingerprint density at radius 1 is 0.970 bits per heavy atom. The number of ether oxygens (including phenoxy) is 1. The summed E-state index contributed by atoms with van der Waals surface area (Å²) < 4.78 is 5.39. The average Bonchev–Trinajstić information content (AvgIpc) is 3.13. The first-order valence-corrected chi connectivity index (χ1v) is 11.2. The first-order chi connectivity index (χ1) is 15.8. The molecule has 170 valence electrons. The molecule has 1 atom stereocenters. The number of carbonyl (C=O) groups excluding carboxylic acids is 1. The standard InChI is InChI=1S/C28H30N2O3/c1-28(2,3)33-27(32)29-18-17-21-20-13-7-9-15-23(20)30-26(21)25(19-11-5-4-6-12-19)22-14-8-10-16-24(22)31/h4-16,25,30-31H,17-18H2,1-3H3,(H,29,32)/t25-/m1/s1. The van der Waals surface area contributed by atoms with E-state index in [1.54, 1.807) is 6.07 Å². The zero-order valence-electron chi connectivity index (χ0n) is 19.3. The number of rotatable bonds is 6. The van der Waals surface area contributed by atoms with Gasteiger partial charge in [-0.2, -0.15) is 0 Å². The lowest BCUT2D eigenvalue weighted by atomic mass is 9.85. The van der Waals surface area contributed by atoms with Gasteiger partial charge in [-0.05, 0) is 50.5 Å². The first kappa shape index (κ1) is 22.5. The van der Waals surface area contributed by atoms with Gasteiger partial charge in [-0.15, -0.1) is 0 Å². The largest absolute Gasteiger partial charge is 0.508 e. The number of aromatic amines is 1. The van der Waals surface area contributed by atoms with Crippen LogP contribution in [0.2, 0.25) is 0 Å². The number of phenolic OH excluding ortho intramolecular Hbond substituents is 1. The van der Waals surface area contributed by atoms with Crippen molar-refractivity contribution in [2.45, 2.75) is 38.7 Å². The summed E-state index contributed by atoms with van der Waals surface area (Å²) >= 11 is 0. The number of aromatic hydroxyl groups is 1. The Balaban J connectivity index is 1.75. The molecule has 0 saturated heterocycles. The van der Waals surface area contributed by atoms with Gasteiger partial charge in [0, 0.05) is 28.7 Å². The summed E-state index contributed by atoms with van der Waals surface area (Å²) in [7, 11) is 0. The number of benzene rings is 3. The van der Waals surface area contributed by atoms with Gasteiger partial charge in [0.1, 0.15) is 11.4 Å². The molecule has 0 saturated carbocycles. The zero-order valence-corrected chi connectivity index (χ0v) is 19.3. The fourth-order valence-electron chi connectivity index (χ4n) is 4.22. The maximum atomic E-state index is 12.2. The SMILES string of the molecule is CC(C)(C)OC(=O)NCCc1c([C@H](c2ccccc2)c2ccccc2O)[nH]c2ccccc12. The van der Waals surface area contributed by atoms with Crippen molar-refractivity contribution in [3.63, 3.8) is 0 Å². The molecular formula is C28H30N2O3. The van der Waals surface area contributed by atoms with Crippen LogP contribution in [-0.4, -0.2) is 28.3 Å². The lowest BCUT2D eigenvalue weighted by Crippen LogP contribution is -2.33. The zero-order chi connectivity index (χ0) is 23.4. The van der Waals surface area contributed by atoms with E-state index in [1.807, 2.05) is 69.3 Å². The van der Waals surface area contributed by atoms with Crippen molar-refractivity contribution >= 4 is 17.0 Å². The second-order valence-electron chi connectivity index (χ2n) is 9.14. The minimum Gasteiger partial charge on any atom is -0.508 e. The van der Waals surface area contributed by atoms with Crippen LogP contribution in [-0.2, 0) is 11.2 Å². The number of fused-ring (bicyclic) bond motifs is 1. The summed E-state index contributed by atoms with van der Waals surface area (Å²) in [5.74, 6) is 0.0687. The minimum atomic E-state index is -0.542. The Hall–Kier alpha value is -3.73. The highest BCUT2D eigenvalue weighted by Crippen LogP contribution is 2.40. The van der Waals surface area contributed by atoms with Crippen LogP contribution in [0.5, 0.6) is 5.75 Å². The summed E-state index contributed by atoms with van der Waals surface area (Å²) in [5, 5.41) is 14.7. The van der Waals surface area contributed by atoms with Gasteiger partial charge in [-0.3, -0.25) is 0 Å². The topological polar surface area (TPSA) is 74.3 Å². The van der Waals surface area contributed by atoms with E-state index in [0.29, 0.717) is 13.0 Å². The summed E-state index contributed by atoms with van der Waals surface area (Å²) in [6.07, 6.45) is 0.194. The van der Waals surface area contributed by atoms with Gasteiger partial charge in [0.05, 0.1) is 5.92 Å². The highest BCUT2D eigenvalue weighted by atomic mass is 16.6. The molecule has 0 aliphatic carbocycles. The normalized spacial score (nSPS) is 12.5. The number of phenols is 1. The van der Waals surface area contributed by atoms with Gasteiger partial charge in [0.25, 0.3) is 0 Å². The van der Waals surface area contributed by atoms with Crippen molar-refractivity contribution in [1.82, 2.24) is 10.3 Å². The van der Waals surface area contributed by atoms with Crippen LogP contribution < -0.4 is 5.32 Å². The maximum absolute atomic E-state index is 12.2. The number of H-pyrrole nitrogens is 1. The third-order valence-corrected chi connectivity index (χ3v) is 5.56. The average molecular weight is 443 g/mol. The lowest BCUT2D eigenvalue weighted by molar-refractivity contribution is 0.0528. The van der Waals surface area contributed by atoms with Gasteiger partial charge >= 0.3 is 6.09 Å². The molecule has 4 rings (SSSR count). The Kier molecular flexibility index (Phi) is 6.40. The molecule has 4 aromatic rings. The molecule has 5 nitrogen and oxygen atoms in total. The number of alkyl carbamates (subject to hydrolysis) is 1. The molecule has 33 heavy (non-hydrogen) atoms. The molecule has 0 aliphatic heterocycles. The van der Waals surface area contributed by atoms with Gasteiger partial charge in [0.15, 0.2) is 0 Å². The molecule has 0 radical (unpaired) electrons. The van der Waals surface area contributed by atoms with Gasteiger partial charge in [-0.25, -0.2) is 4.79 Å². The van der Waals surface area contributed by atoms with Crippen molar-refractivity contribution in [3.05, 3.63) is 101 Å². The second-order valence-corrected chi connectivity index (χ2v) is 9.14. The van der Waals surface area contributed by atoms with E-state index in [9.17, 15) is 9.90 Å². The number of hydrogen-bond donors (Lipinski definition) is 3. The van der Waals surface area contributed by atoms with E-state index < -0.39 is 11.7 Å². The van der Waals surface area contributed by atoms with Gasteiger partial charge < -0.3 is 20.1 Å². The number of amides is 1. The van der Waals surface area contributed by atoms with Crippen LogP contribution in [0.4, 0.5) is 4.79 Å². The van der Waals surface area contributed by atoms with Gasteiger partial charge in [-0.1, -0.05) is 66.7 Å². The summed E-state index contributed by atoms with van der Waals surface area (Å²) in [5.41, 5.74) is 4.51. The monoisotopic (exact) mass is 442 g/mol. The second kappa shape index (κ2) is 9.41. The Labute approximate surface area is 194 Å². The molecular weight excluding hydrogens is 412 g/mol. The van der Waals surface area contributed by atoms with E-state index in [2.05, 4.69) is 34.6 Å². The highest BCUT2D eigenvalue weighted by Gasteiger charge is 2.25. The molecule has 1 heterocycles. The number of hydrogen-bond acceptors (Lipinski definition) is 3. The van der Waals surface area contributed by atoms with Crippen LogP contribution in [0.1, 0.15) is 49.1 Å². The van der Waals surface area contributed by atoms with Crippen molar-refractivity contribution in [2.24, 2.45) is 0 Å². The van der Waals surface area contributed by atoms with Crippen molar-refractivity contribution in [1.29, 1.82) is 0 Å². The van der Waals surface area contributed by atoms with Crippen LogP contribution in [0.25, 0.3) is 10.9 Å². The lowest BCUT2D eigenvalue weighted by Gasteiger charge is -2.21. The quantitative estimate of drug-likeness (QED) is 0.337. The van der Waals surface area contributed by atoms with Crippen LogP contribution >= 0.6 is 0 Å². The Bertz CT molecular complexity index is 1240. The summed E-state index contributed by atoms with van der Waals surface area (Å²) in [6, 6.07) is 25.8. The maximum Gasteiger partial charge on any atom is 0.407 e. The van der Waals surface area contributed by atoms with Crippen LogP contribution in [0.15, 0.2) is 78.9 Å². The molecule has 3 aromatic carbocycles. The number of carbonyl (C=O) groups is 1. The van der Waals surface area contributed by atoms with Gasteiger partial charge in [0.2, 0.25) is 0 Å². The molecule has 0 bridgehead atoms. The molecule has 0 unspecified atom stereocenters. The summed E-state index contributed by atoms with van der Waals surface area (Å²) in [6.45, 7) is 5.98. The number of nitrogens with one attached hydrogen (secondary N) is 2. The molecule has 0 spiro atoms. The van der Waals surface area contributed by atoms with Crippen molar-refractivity contribution in [3.8, 4) is 5.75 Å². The minimum absolute atomic E-state index is 0.184. The predicted octanol–water partition coefficient (Wildman–Crippen LogP) is 6.12. The molecule has 3 N–H and O–H groups in total. The first-order valence-electron chi connectivity index (χ1n) is 11.2. The smallest absolute Gasteiger partial charge is 0.407 e. The molecule has 0 fully saturated rings. The van der Waals surface area contributed by atoms with E-state index in [-0.39, 0.29) is 11.7 Å².